The van der Waals surface area contributed by atoms with Crippen LogP contribution in [0, 0.1) is 5.92 Å². The predicted molar refractivity (Wildman–Crippen MR) is 66.8 cm³/mol. The van der Waals surface area contributed by atoms with Crippen LogP contribution in [0.4, 0.5) is 4.39 Å². The predicted octanol–water partition coefficient (Wildman–Crippen LogP) is 2.97. The van der Waals surface area contributed by atoms with E-state index >= 15 is 0 Å². The van der Waals surface area contributed by atoms with Gasteiger partial charge in [-0.25, -0.2) is 4.39 Å². The summed E-state index contributed by atoms with van der Waals surface area (Å²) in [7, 11) is 0. The zero-order chi connectivity index (χ0) is 12.3. The summed E-state index contributed by atoms with van der Waals surface area (Å²) < 4.78 is 15.0. The lowest BCUT2D eigenvalue weighted by Crippen LogP contribution is -2.28. The molecule has 1 aromatic rings. The number of phenolic OH excluding ortho intramolecular Hbond substituents is 1. The molecule has 1 aromatic carbocycles. The molecule has 94 valence electrons. The number of benzene rings is 1. The zero-order valence-electron chi connectivity index (χ0n) is 10.2. The van der Waals surface area contributed by atoms with Crippen LogP contribution in [-0.4, -0.2) is 18.2 Å². The summed E-state index contributed by atoms with van der Waals surface area (Å²) in [6.07, 6.45) is 2.69. The number of hydrogen-bond donors (Lipinski definition) is 2. The summed E-state index contributed by atoms with van der Waals surface area (Å²) in [6.45, 7) is 3.42. The molecule has 1 fully saturated rings. The fourth-order valence-electron chi connectivity index (χ4n) is 2.67. The van der Waals surface area contributed by atoms with E-state index in [1.165, 1.54) is 0 Å². The number of para-hydroxylation sites is 1. The van der Waals surface area contributed by atoms with Crippen molar-refractivity contribution in [3.63, 3.8) is 0 Å². The molecular formula is C14H20FNO. The lowest BCUT2D eigenvalue weighted by molar-refractivity contribution is 0.0879. The number of hydrogen-bond acceptors (Lipinski definition) is 2. The first-order valence-corrected chi connectivity index (χ1v) is 6.30. The normalized spacial score (nSPS) is 24.9. The molecule has 0 saturated carbocycles. The van der Waals surface area contributed by atoms with Gasteiger partial charge in [-0.1, -0.05) is 18.2 Å². The third kappa shape index (κ3) is 2.60. The second-order valence-electron chi connectivity index (χ2n) is 4.97. The molecule has 1 saturated heterocycles. The van der Waals surface area contributed by atoms with Crippen LogP contribution in [0.2, 0.25) is 0 Å². The molecule has 2 atom stereocenters. The monoisotopic (exact) mass is 237 g/mol. The Morgan fingerprint density at radius 3 is 2.82 bits per heavy atom. The van der Waals surface area contributed by atoms with E-state index in [4.69, 9.17) is 0 Å². The molecule has 1 aliphatic heterocycles. The first kappa shape index (κ1) is 12.4. The van der Waals surface area contributed by atoms with Crippen LogP contribution in [0.25, 0.3) is 0 Å². The minimum atomic E-state index is -1.45. The van der Waals surface area contributed by atoms with Crippen LogP contribution in [0.1, 0.15) is 31.7 Å². The molecule has 2 unspecified atom stereocenters. The van der Waals surface area contributed by atoms with Crippen molar-refractivity contribution in [2.24, 2.45) is 5.92 Å². The summed E-state index contributed by atoms with van der Waals surface area (Å²) in [4.78, 5) is 0. The standard InChI is InChI=1S/C14H20FNO/c1-14(15,11-5-4-9-16-10-8-11)12-6-2-3-7-13(12)17/h2-3,6-7,11,16-17H,4-5,8-10H2,1H3. The largest absolute Gasteiger partial charge is 0.508 e. The zero-order valence-corrected chi connectivity index (χ0v) is 10.2. The Hall–Kier alpha value is -1.09. The highest BCUT2D eigenvalue weighted by atomic mass is 19.1. The number of rotatable bonds is 2. The van der Waals surface area contributed by atoms with E-state index in [-0.39, 0.29) is 11.7 Å². The fourth-order valence-corrected chi connectivity index (χ4v) is 2.67. The van der Waals surface area contributed by atoms with Gasteiger partial charge in [0.15, 0.2) is 0 Å². The summed E-state index contributed by atoms with van der Waals surface area (Å²) in [5.41, 5.74) is -1.02. The van der Waals surface area contributed by atoms with Crippen molar-refractivity contribution >= 4 is 0 Å². The minimum Gasteiger partial charge on any atom is -0.508 e. The number of aromatic hydroxyl groups is 1. The average molecular weight is 237 g/mol. The van der Waals surface area contributed by atoms with E-state index in [9.17, 15) is 9.50 Å². The third-order valence-electron chi connectivity index (χ3n) is 3.77. The van der Waals surface area contributed by atoms with Crippen molar-refractivity contribution in [3.8, 4) is 5.75 Å². The van der Waals surface area contributed by atoms with Gasteiger partial charge in [-0.15, -0.1) is 0 Å². The average Bonchev–Trinajstić information content (AvgIpc) is 2.58. The van der Waals surface area contributed by atoms with E-state index in [1.807, 2.05) is 0 Å². The van der Waals surface area contributed by atoms with E-state index in [0.29, 0.717) is 5.56 Å². The van der Waals surface area contributed by atoms with E-state index in [2.05, 4.69) is 5.32 Å². The number of halogens is 1. The van der Waals surface area contributed by atoms with Crippen molar-refractivity contribution in [3.05, 3.63) is 29.8 Å². The van der Waals surface area contributed by atoms with Gasteiger partial charge in [0, 0.05) is 5.56 Å². The van der Waals surface area contributed by atoms with E-state index < -0.39 is 5.67 Å². The maximum absolute atomic E-state index is 15.0. The maximum atomic E-state index is 15.0. The molecule has 0 bridgehead atoms. The van der Waals surface area contributed by atoms with Crippen LogP contribution >= 0.6 is 0 Å². The van der Waals surface area contributed by atoms with Gasteiger partial charge in [0.2, 0.25) is 0 Å². The molecular weight excluding hydrogens is 217 g/mol. The van der Waals surface area contributed by atoms with Gasteiger partial charge in [-0.2, -0.15) is 0 Å². The second-order valence-corrected chi connectivity index (χ2v) is 4.97. The van der Waals surface area contributed by atoms with E-state index in [0.717, 1.165) is 32.4 Å². The molecule has 0 aliphatic carbocycles. The summed E-state index contributed by atoms with van der Waals surface area (Å²) in [6, 6.07) is 6.75. The highest BCUT2D eigenvalue weighted by Crippen LogP contribution is 2.42. The minimum absolute atomic E-state index is 0.0224. The lowest BCUT2D eigenvalue weighted by Gasteiger charge is -2.30. The van der Waals surface area contributed by atoms with Crippen molar-refractivity contribution < 1.29 is 9.50 Å². The molecule has 2 N–H and O–H groups in total. The Balaban J connectivity index is 2.25. The maximum Gasteiger partial charge on any atom is 0.139 e. The molecule has 1 aliphatic rings. The molecule has 1 heterocycles. The molecule has 2 rings (SSSR count). The molecule has 0 spiro atoms. The molecule has 0 aromatic heterocycles. The van der Waals surface area contributed by atoms with Gasteiger partial charge < -0.3 is 10.4 Å². The molecule has 0 amide bonds. The SMILES string of the molecule is CC(F)(c1ccccc1O)C1CCCNCC1. The van der Waals surface area contributed by atoms with Gasteiger partial charge in [0.1, 0.15) is 11.4 Å². The Bertz CT molecular complexity index is 370. The first-order chi connectivity index (χ1) is 8.12. The van der Waals surface area contributed by atoms with Crippen LogP contribution < -0.4 is 5.32 Å². The quantitative estimate of drug-likeness (QED) is 0.828. The van der Waals surface area contributed by atoms with E-state index in [1.54, 1.807) is 31.2 Å². The Labute approximate surface area is 102 Å². The molecule has 0 radical (unpaired) electrons. The molecule has 2 nitrogen and oxygen atoms in total. The van der Waals surface area contributed by atoms with Gasteiger partial charge in [0.05, 0.1) is 0 Å². The highest BCUT2D eigenvalue weighted by Gasteiger charge is 2.37. The molecule has 3 heteroatoms. The van der Waals surface area contributed by atoms with Gasteiger partial charge in [-0.05, 0) is 51.3 Å². The smallest absolute Gasteiger partial charge is 0.139 e. The van der Waals surface area contributed by atoms with Crippen LogP contribution in [0.5, 0.6) is 5.75 Å². The van der Waals surface area contributed by atoms with Crippen molar-refractivity contribution in [1.29, 1.82) is 0 Å². The van der Waals surface area contributed by atoms with Crippen LogP contribution in [-0.2, 0) is 5.67 Å². The van der Waals surface area contributed by atoms with Gasteiger partial charge in [0.25, 0.3) is 0 Å². The number of alkyl halides is 1. The summed E-state index contributed by atoms with van der Waals surface area (Å²) in [5, 5.41) is 13.1. The van der Waals surface area contributed by atoms with Gasteiger partial charge in [-0.3, -0.25) is 0 Å². The fraction of sp³-hybridized carbons (Fsp3) is 0.571. The first-order valence-electron chi connectivity index (χ1n) is 6.30. The highest BCUT2D eigenvalue weighted by molar-refractivity contribution is 5.36. The summed E-state index contributed by atoms with van der Waals surface area (Å²) >= 11 is 0. The topological polar surface area (TPSA) is 32.3 Å². The third-order valence-corrected chi connectivity index (χ3v) is 3.77. The second kappa shape index (κ2) is 5.05. The Morgan fingerprint density at radius 2 is 2.06 bits per heavy atom. The summed E-state index contributed by atoms with van der Waals surface area (Å²) in [5.74, 6) is 0.0421. The van der Waals surface area contributed by atoms with Gasteiger partial charge >= 0.3 is 0 Å². The van der Waals surface area contributed by atoms with Crippen molar-refractivity contribution in [1.82, 2.24) is 5.32 Å². The van der Waals surface area contributed by atoms with Crippen molar-refractivity contribution in [2.75, 3.05) is 13.1 Å². The van der Waals surface area contributed by atoms with Crippen LogP contribution in [0.15, 0.2) is 24.3 Å². The lowest BCUT2D eigenvalue weighted by atomic mass is 9.80. The Kier molecular flexibility index (Phi) is 3.67. The number of nitrogens with one attached hydrogen (secondary N) is 1. The van der Waals surface area contributed by atoms with Crippen LogP contribution in [0.3, 0.4) is 0 Å². The van der Waals surface area contributed by atoms with Crippen molar-refractivity contribution in [2.45, 2.75) is 31.9 Å². The Morgan fingerprint density at radius 1 is 1.29 bits per heavy atom. The molecule has 17 heavy (non-hydrogen) atoms. The number of phenols is 1.